The van der Waals surface area contributed by atoms with E-state index in [0.717, 1.165) is 116 Å². The first-order valence-corrected chi connectivity index (χ1v) is 17.6. The van der Waals surface area contributed by atoms with Crippen LogP contribution in [0.1, 0.15) is 135 Å². The number of hydroxylamine groups is 4. The minimum absolute atomic E-state index is 0.000220. The summed E-state index contributed by atoms with van der Waals surface area (Å²) in [6, 6.07) is 0.117. The summed E-state index contributed by atoms with van der Waals surface area (Å²) in [7, 11) is 0. The van der Waals surface area contributed by atoms with Gasteiger partial charge in [-0.05, 0) is 77.0 Å². The molecular weight excluding hydrogens is 532 g/mol. The predicted octanol–water partition coefficient (Wildman–Crippen LogP) is 5.45. The molecule has 7 aliphatic rings. The molecule has 2 unspecified atom stereocenters. The Morgan fingerprint density at radius 3 is 1.24 bits per heavy atom. The molecule has 238 valence electrons. The second-order valence-electron chi connectivity index (χ2n) is 15.7. The van der Waals surface area contributed by atoms with Crippen LogP contribution in [-0.4, -0.2) is 108 Å². The molecule has 2 amide bonds. The quantitative estimate of drug-likeness (QED) is 0.395. The fourth-order valence-electron chi connectivity index (χ4n) is 11.2. The standard InChI is InChI=1S/C33H56N4O5/c38-28-24-34(26-20-30(10-4-1-5-11-30)36(40)31(21-26)12-6-2-7-13-31)29(39)35(25-28)27-22-32(14-8-3-9-15-32)37(41)33(23-27)16-18-42-19-17-33/h26-28,38,40-41H,1-25H2. The van der Waals surface area contributed by atoms with E-state index in [1.54, 1.807) is 5.06 Å². The number of rotatable bonds is 2. The van der Waals surface area contributed by atoms with Gasteiger partial charge in [-0.15, -0.1) is 0 Å². The van der Waals surface area contributed by atoms with Gasteiger partial charge in [0.25, 0.3) is 0 Å². The molecule has 0 aromatic carbocycles. The van der Waals surface area contributed by atoms with Gasteiger partial charge in [-0.2, -0.15) is 10.1 Å². The highest BCUT2D eigenvalue weighted by molar-refractivity contribution is 5.76. The van der Waals surface area contributed by atoms with Crippen molar-refractivity contribution >= 4 is 6.03 Å². The van der Waals surface area contributed by atoms with Crippen LogP contribution in [-0.2, 0) is 4.74 Å². The lowest BCUT2D eigenvalue weighted by molar-refractivity contribution is -0.294. The minimum atomic E-state index is -0.584. The van der Waals surface area contributed by atoms with Crippen LogP contribution in [0.4, 0.5) is 4.79 Å². The third-order valence-electron chi connectivity index (χ3n) is 13.2. The molecule has 4 aliphatic heterocycles. The van der Waals surface area contributed by atoms with Gasteiger partial charge in [0.05, 0.1) is 24.7 Å². The molecule has 3 N–H and O–H groups in total. The number of amides is 2. The van der Waals surface area contributed by atoms with E-state index >= 15 is 0 Å². The summed E-state index contributed by atoms with van der Waals surface area (Å²) in [5.41, 5.74) is -1.18. The molecule has 7 fully saturated rings. The lowest BCUT2D eigenvalue weighted by Gasteiger charge is -2.62. The van der Waals surface area contributed by atoms with Crippen molar-refractivity contribution < 1.29 is 25.1 Å². The first kappa shape index (κ1) is 29.7. The zero-order valence-electron chi connectivity index (χ0n) is 25.9. The van der Waals surface area contributed by atoms with Crippen LogP contribution < -0.4 is 0 Å². The van der Waals surface area contributed by atoms with Gasteiger partial charge in [0.2, 0.25) is 0 Å². The van der Waals surface area contributed by atoms with Crippen LogP contribution in [0.5, 0.6) is 0 Å². The van der Waals surface area contributed by atoms with Crippen molar-refractivity contribution in [1.82, 2.24) is 19.9 Å². The van der Waals surface area contributed by atoms with Crippen molar-refractivity contribution in [2.24, 2.45) is 0 Å². The van der Waals surface area contributed by atoms with E-state index in [9.17, 15) is 20.3 Å². The summed E-state index contributed by atoms with van der Waals surface area (Å²) < 4.78 is 5.76. The van der Waals surface area contributed by atoms with Gasteiger partial charge in [-0.3, -0.25) is 0 Å². The van der Waals surface area contributed by atoms with E-state index in [4.69, 9.17) is 4.74 Å². The Labute approximate surface area is 252 Å². The molecular formula is C33H56N4O5. The third-order valence-corrected chi connectivity index (χ3v) is 13.2. The summed E-state index contributed by atoms with van der Waals surface area (Å²) in [4.78, 5) is 18.8. The number of nitrogens with zero attached hydrogens (tertiary/aromatic N) is 4. The van der Waals surface area contributed by atoms with Crippen LogP contribution >= 0.6 is 0 Å². The van der Waals surface area contributed by atoms with Crippen molar-refractivity contribution in [2.75, 3.05) is 26.3 Å². The van der Waals surface area contributed by atoms with E-state index in [1.807, 2.05) is 14.9 Å². The Hall–Kier alpha value is -0.970. The van der Waals surface area contributed by atoms with Crippen LogP contribution in [0.25, 0.3) is 0 Å². The molecule has 2 atom stereocenters. The summed E-state index contributed by atoms with van der Waals surface area (Å²) in [5.74, 6) is 0. The number of carbonyl (C=O) groups excluding carboxylic acids is 1. The average Bonchev–Trinajstić information content (AvgIpc) is 3.01. The summed E-state index contributed by atoms with van der Waals surface area (Å²) >= 11 is 0. The molecule has 42 heavy (non-hydrogen) atoms. The summed E-state index contributed by atoms with van der Waals surface area (Å²) in [5, 5.41) is 38.7. The topological polar surface area (TPSA) is 100.0 Å². The molecule has 9 nitrogen and oxygen atoms in total. The molecule has 0 aromatic rings. The number of aliphatic hydroxyl groups excluding tert-OH is 1. The summed E-state index contributed by atoms with van der Waals surface area (Å²) in [6.07, 6.45) is 20.5. The first-order valence-electron chi connectivity index (χ1n) is 17.6. The number of carbonyl (C=O) groups is 1. The number of piperidine rings is 2. The number of urea groups is 1. The SMILES string of the molecule is O=C1N(C2CC3(CCCCC3)N(O)C3(CCCCC3)C2)CC(O)CN1C1CC2(CCCCC2)N(O)C2(CCOCC2)C1. The van der Waals surface area contributed by atoms with E-state index in [-0.39, 0.29) is 40.3 Å². The number of hydrogen-bond donors (Lipinski definition) is 3. The largest absolute Gasteiger partial charge is 0.389 e. The van der Waals surface area contributed by atoms with Crippen LogP contribution in [0.2, 0.25) is 0 Å². The van der Waals surface area contributed by atoms with E-state index in [0.29, 0.717) is 26.3 Å². The Bertz CT molecular complexity index is 839. The zero-order chi connectivity index (χ0) is 29.0. The normalized spacial score (nSPS) is 37.1. The average molecular weight is 589 g/mol. The third kappa shape index (κ3) is 4.93. The molecule has 4 saturated heterocycles. The second-order valence-corrected chi connectivity index (χ2v) is 15.7. The first-order chi connectivity index (χ1) is 20.3. The number of β-amino-alcohol motifs (C(OH)–C–C–N with tert-alkyl or cyclic N) is 1. The fraction of sp³-hybridized carbons (Fsp3) is 0.970. The lowest BCUT2D eigenvalue weighted by atomic mass is 9.65. The van der Waals surface area contributed by atoms with E-state index in [1.165, 1.54) is 19.3 Å². The van der Waals surface area contributed by atoms with Gasteiger partial charge in [0.1, 0.15) is 0 Å². The van der Waals surface area contributed by atoms with Gasteiger partial charge >= 0.3 is 6.03 Å². The zero-order valence-corrected chi connectivity index (χ0v) is 25.9. The number of aliphatic hydroxyl groups is 1. The number of hydrogen-bond acceptors (Lipinski definition) is 7. The highest BCUT2D eigenvalue weighted by Gasteiger charge is 2.59. The van der Waals surface area contributed by atoms with Crippen molar-refractivity contribution in [2.45, 2.75) is 175 Å². The maximum atomic E-state index is 14.7. The Balaban J connectivity index is 1.19. The molecule has 3 saturated carbocycles. The monoisotopic (exact) mass is 588 g/mol. The van der Waals surface area contributed by atoms with Crippen molar-refractivity contribution in [1.29, 1.82) is 0 Å². The summed E-state index contributed by atoms with van der Waals surface area (Å²) in [6.45, 7) is 2.06. The van der Waals surface area contributed by atoms with Gasteiger partial charge in [0.15, 0.2) is 0 Å². The molecule has 4 spiro atoms. The highest BCUT2D eigenvalue weighted by Crippen LogP contribution is 2.53. The lowest BCUT2D eigenvalue weighted by Crippen LogP contribution is -2.73. The van der Waals surface area contributed by atoms with Gasteiger partial charge in [-0.1, -0.05) is 57.8 Å². The second kappa shape index (κ2) is 11.4. The Morgan fingerprint density at radius 1 is 0.548 bits per heavy atom. The molecule has 9 heteroatoms. The maximum absolute atomic E-state index is 14.7. The number of ether oxygens (including phenoxy) is 1. The molecule has 4 heterocycles. The van der Waals surface area contributed by atoms with Crippen molar-refractivity contribution in [3.8, 4) is 0 Å². The fourth-order valence-corrected chi connectivity index (χ4v) is 11.2. The van der Waals surface area contributed by atoms with Crippen LogP contribution in [0.15, 0.2) is 0 Å². The molecule has 0 bridgehead atoms. The van der Waals surface area contributed by atoms with E-state index < -0.39 is 6.10 Å². The van der Waals surface area contributed by atoms with Gasteiger partial charge < -0.3 is 30.1 Å². The molecule has 7 rings (SSSR count). The maximum Gasteiger partial charge on any atom is 0.320 e. The van der Waals surface area contributed by atoms with Crippen LogP contribution in [0, 0.1) is 0 Å². The smallest absolute Gasteiger partial charge is 0.320 e. The van der Waals surface area contributed by atoms with Crippen LogP contribution in [0.3, 0.4) is 0 Å². The minimum Gasteiger partial charge on any atom is -0.389 e. The van der Waals surface area contributed by atoms with Gasteiger partial charge in [-0.25, -0.2) is 4.79 Å². The van der Waals surface area contributed by atoms with E-state index in [2.05, 4.69) is 0 Å². The molecule has 3 aliphatic carbocycles. The molecule has 0 radical (unpaired) electrons. The van der Waals surface area contributed by atoms with Gasteiger partial charge in [0, 0.05) is 41.9 Å². The van der Waals surface area contributed by atoms with Crippen molar-refractivity contribution in [3.05, 3.63) is 0 Å². The van der Waals surface area contributed by atoms with Crippen molar-refractivity contribution in [3.63, 3.8) is 0 Å². The highest BCUT2D eigenvalue weighted by atomic mass is 16.5. The molecule has 0 aromatic heterocycles. The Morgan fingerprint density at radius 2 is 0.881 bits per heavy atom. The Kier molecular flexibility index (Phi) is 8.09. The predicted molar refractivity (Wildman–Crippen MR) is 158 cm³/mol.